The molecule has 2 rings (SSSR count). The Balaban J connectivity index is 1.77. The maximum Gasteiger partial charge on any atom is 0.411 e. The standard InChI is InChI=1S/C20H21F3N4O/c1-25-19(26-11-16-4-2-15(10-24)3-5-16)27-12-17-6-8-18(9-7-17)13-28-14-20(21,22)23/h2-9H,11-14H2,1H3,(H2,25,26,27). The van der Waals surface area contributed by atoms with Gasteiger partial charge in [-0.05, 0) is 28.8 Å². The minimum Gasteiger partial charge on any atom is -0.367 e. The van der Waals surface area contributed by atoms with E-state index in [1.165, 1.54) is 0 Å². The van der Waals surface area contributed by atoms with Crippen LogP contribution in [0.5, 0.6) is 0 Å². The van der Waals surface area contributed by atoms with E-state index in [1.807, 2.05) is 24.3 Å². The molecule has 0 bridgehead atoms. The molecule has 5 nitrogen and oxygen atoms in total. The van der Waals surface area contributed by atoms with Crippen molar-refractivity contribution in [2.45, 2.75) is 25.9 Å². The quantitative estimate of drug-likeness (QED) is 0.561. The average Bonchev–Trinajstić information content (AvgIpc) is 2.68. The molecule has 0 spiro atoms. The molecule has 0 amide bonds. The van der Waals surface area contributed by atoms with Gasteiger partial charge in [0.2, 0.25) is 0 Å². The van der Waals surface area contributed by atoms with Crippen molar-refractivity contribution < 1.29 is 17.9 Å². The Hall–Kier alpha value is -3.05. The zero-order valence-electron chi connectivity index (χ0n) is 15.4. The van der Waals surface area contributed by atoms with E-state index in [1.54, 1.807) is 31.3 Å². The zero-order chi connectivity index (χ0) is 20.4. The molecule has 2 aromatic rings. The summed E-state index contributed by atoms with van der Waals surface area (Å²) in [5, 5.41) is 15.2. The van der Waals surface area contributed by atoms with Crippen LogP contribution >= 0.6 is 0 Å². The lowest BCUT2D eigenvalue weighted by Gasteiger charge is -2.12. The molecule has 0 aliphatic carbocycles. The van der Waals surface area contributed by atoms with Gasteiger partial charge in [-0.15, -0.1) is 0 Å². The molecule has 0 aliphatic heterocycles. The number of halogens is 3. The van der Waals surface area contributed by atoms with Gasteiger partial charge in [-0.1, -0.05) is 36.4 Å². The maximum absolute atomic E-state index is 12.1. The minimum absolute atomic E-state index is 0.0823. The molecule has 0 radical (unpaired) electrons. The van der Waals surface area contributed by atoms with E-state index in [-0.39, 0.29) is 6.61 Å². The molecule has 0 aromatic heterocycles. The summed E-state index contributed by atoms with van der Waals surface area (Å²) >= 11 is 0. The molecule has 2 N–H and O–H groups in total. The zero-order valence-corrected chi connectivity index (χ0v) is 15.4. The SMILES string of the molecule is CN=C(NCc1ccc(C#N)cc1)NCc1ccc(COCC(F)(F)F)cc1. The number of nitrogens with zero attached hydrogens (tertiary/aromatic N) is 2. The normalized spacial score (nSPS) is 11.8. The molecular formula is C20H21F3N4O. The molecule has 28 heavy (non-hydrogen) atoms. The maximum atomic E-state index is 12.1. The molecule has 0 saturated heterocycles. The number of ether oxygens (including phenoxy) is 1. The van der Waals surface area contributed by atoms with Gasteiger partial charge in [0.1, 0.15) is 6.61 Å². The molecule has 0 aliphatic rings. The summed E-state index contributed by atoms with van der Waals surface area (Å²) in [7, 11) is 1.66. The fourth-order valence-electron chi connectivity index (χ4n) is 2.33. The van der Waals surface area contributed by atoms with Crippen LogP contribution < -0.4 is 10.6 Å². The van der Waals surface area contributed by atoms with Crippen LogP contribution in [0.15, 0.2) is 53.5 Å². The van der Waals surface area contributed by atoms with Crippen molar-refractivity contribution in [2.75, 3.05) is 13.7 Å². The number of benzene rings is 2. The monoisotopic (exact) mass is 390 g/mol. The predicted octanol–water partition coefficient (Wildman–Crippen LogP) is 3.50. The number of nitriles is 1. The highest BCUT2D eigenvalue weighted by atomic mass is 19.4. The van der Waals surface area contributed by atoms with E-state index in [2.05, 4.69) is 26.4 Å². The summed E-state index contributed by atoms with van der Waals surface area (Å²) in [6.45, 7) is -0.268. The smallest absolute Gasteiger partial charge is 0.367 e. The van der Waals surface area contributed by atoms with Crippen molar-refractivity contribution in [1.82, 2.24) is 10.6 Å². The number of nitrogens with one attached hydrogen (secondary N) is 2. The largest absolute Gasteiger partial charge is 0.411 e. The third-order valence-electron chi connectivity index (χ3n) is 3.78. The van der Waals surface area contributed by atoms with Gasteiger partial charge in [-0.25, -0.2) is 0 Å². The van der Waals surface area contributed by atoms with Gasteiger partial charge in [-0.2, -0.15) is 18.4 Å². The molecule has 0 atom stereocenters. The molecule has 0 fully saturated rings. The average molecular weight is 390 g/mol. The van der Waals surface area contributed by atoms with Crippen LogP contribution in [0.1, 0.15) is 22.3 Å². The molecule has 8 heteroatoms. The van der Waals surface area contributed by atoms with Gasteiger partial charge < -0.3 is 15.4 Å². The van der Waals surface area contributed by atoms with Crippen LogP contribution in [0, 0.1) is 11.3 Å². The first-order chi connectivity index (χ1) is 13.4. The Kier molecular flexibility index (Phi) is 7.84. The molecule has 0 heterocycles. The molecular weight excluding hydrogens is 369 g/mol. The molecule has 2 aromatic carbocycles. The van der Waals surface area contributed by atoms with Crippen LogP contribution in [0.25, 0.3) is 0 Å². The van der Waals surface area contributed by atoms with E-state index in [0.717, 1.165) is 11.1 Å². The summed E-state index contributed by atoms with van der Waals surface area (Å²) in [5.74, 6) is 0.613. The molecule has 0 saturated carbocycles. The lowest BCUT2D eigenvalue weighted by atomic mass is 10.1. The first-order valence-electron chi connectivity index (χ1n) is 8.55. The number of hydrogen-bond donors (Lipinski definition) is 2. The van der Waals surface area contributed by atoms with Crippen molar-refractivity contribution in [3.63, 3.8) is 0 Å². The second-order valence-corrected chi connectivity index (χ2v) is 6.01. The van der Waals surface area contributed by atoms with E-state index in [0.29, 0.717) is 30.2 Å². The summed E-state index contributed by atoms with van der Waals surface area (Å²) in [6.07, 6.45) is -4.31. The Morgan fingerprint density at radius 1 is 0.964 bits per heavy atom. The number of guanidine groups is 1. The summed E-state index contributed by atoms with van der Waals surface area (Å²) in [4.78, 5) is 4.15. The fraction of sp³-hybridized carbons (Fsp3) is 0.300. The second-order valence-electron chi connectivity index (χ2n) is 6.01. The summed E-state index contributed by atoms with van der Waals surface area (Å²) in [5.41, 5.74) is 3.26. The molecule has 148 valence electrons. The first-order valence-corrected chi connectivity index (χ1v) is 8.55. The Morgan fingerprint density at radius 3 is 1.93 bits per heavy atom. The topological polar surface area (TPSA) is 69.4 Å². The number of aliphatic imine (C=N–C) groups is 1. The summed E-state index contributed by atoms with van der Waals surface area (Å²) < 4.78 is 40.9. The first kappa shape index (κ1) is 21.3. The minimum atomic E-state index is -4.31. The van der Waals surface area contributed by atoms with Crippen molar-refractivity contribution in [2.24, 2.45) is 4.99 Å². The van der Waals surface area contributed by atoms with Crippen molar-refractivity contribution in [1.29, 1.82) is 5.26 Å². The van der Waals surface area contributed by atoms with Gasteiger partial charge in [0.25, 0.3) is 0 Å². The van der Waals surface area contributed by atoms with Crippen LogP contribution in [0.4, 0.5) is 13.2 Å². The van der Waals surface area contributed by atoms with E-state index >= 15 is 0 Å². The van der Waals surface area contributed by atoms with Gasteiger partial charge in [0.15, 0.2) is 5.96 Å². The Labute approximate surface area is 161 Å². The van der Waals surface area contributed by atoms with Crippen LogP contribution in [-0.2, 0) is 24.4 Å². The third-order valence-corrected chi connectivity index (χ3v) is 3.78. The fourth-order valence-corrected chi connectivity index (χ4v) is 2.33. The van der Waals surface area contributed by atoms with Crippen LogP contribution in [0.2, 0.25) is 0 Å². The molecule has 0 unspecified atom stereocenters. The van der Waals surface area contributed by atoms with E-state index < -0.39 is 12.8 Å². The highest BCUT2D eigenvalue weighted by Crippen LogP contribution is 2.15. The van der Waals surface area contributed by atoms with Crippen molar-refractivity contribution >= 4 is 5.96 Å². The van der Waals surface area contributed by atoms with E-state index in [4.69, 9.17) is 5.26 Å². The Morgan fingerprint density at radius 2 is 1.46 bits per heavy atom. The van der Waals surface area contributed by atoms with E-state index in [9.17, 15) is 13.2 Å². The number of rotatable bonds is 7. The Bertz CT molecular complexity index is 809. The van der Waals surface area contributed by atoms with Crippen LogP contribution in [-0.4, -0.2) is 25.8 Å². The van der Waals surface area contributed by atoms with Crippen molar-refractivity contribution in [3.05, 3.63) is 70.8 Å². The van der Waals surface area contributed by atoms with Crippen molar-refractivity contribution in [3.8, 4) is 6.07 Å². The van der Waals surface area contributed by atoms with Crippen LogP contribution in [0.3, 0.4) is 0 Å². The van der Waals surface area contributed by atoms with Gasteiger partial charge in [0, 0.05) is 20.1 Å². The lowest BCUT2D eigenvalue weighted by molar-refractivity contribution is -0.176. The van der Waals surface area contributed by atoms with Gasteiger partial charge >= 0.3 is 6.18 Å². The lowest BCUT2D eigenvalue weighted by Crippen LogP contribution is -2.36. The van der Waals surface area contributed by atoms with Gasteiger partial charge in [0.05, 0.1) is 18.2 Å². The number of alkyl halides is 3. The summed E-state index contributed by atoms with van der Waals surface area (Å²) in [6, 6.07) is 16.5. The predicted molar refractivity (Wildman–Crippen MR) is 100 cm³/mol. The van der Waals surface area contributed by atoms with Gasteiger partial charge in [-0.3, -0.25) is 4.99 Å². The third kappa shape index (κ3) is 7.68. The highest BCUT2D eigenvalue weighted by Gasteiger charge is 2.27. The second kappa shape index (κ2) is 10.3. The number of hydrogen-bond acceptors (Lipinski definition) is 3. The highest BCUT2D eigenvalue weighted by molar-refractivity contribution is 5.79.